The van der Waals surface area contributed by atoms with Crippen LogP contribution in [0.3, 0.4) is 0 Å². The maximum atomic E-state index is 14.5. The van der Waals surface area contributed by atoms with Crippen molar-refractivity contribution in [2.45, 2.75) is 70.9 Å². The van der Waals surface area contributed by atoms with Crippen molar-refractivity contribution in [1.29, 1.82) is 0 Å². The maximum Gasteiger partial charge on any atom is 0.309 e. The third-order valence-electron chi connectivity index (χ3n) is 10.3. The molecule has 9 nitrogen and oxygen atoms in total. The van der Waals surface area contributed by atoms with Gasteiger partial charge in [-0.15, -0.1) is 0 Å². The Morgan fingerprint density at radius 3 is 2.32 bits per heavy atom. The van der Waals surface area contributed by atoms with E-state index in [-0.39, 0.29) is 41.6 Å². The van der Waals surface area contributed by atoms with Gasteiger partial charge >= 0.3 is 5.97 Å². The second kappa shape index (κ2) is 18.7. The Hall–Kier alpha value is -3.50. The number of hydrogen-bond donors (Lipinski definition) is 1. The molecule has 0 unspecified atom stereocenters. The minimum Gasteiger partial charge on any atom is -0.493 e. The van der Waals surface area contributed by atoms with E-state index in [0.717, 1.165) is 78.8 Å². The largest absolute Gasteiger partial charge is 0.493 e. The molecule has 6 rings (SSSR count). The van der Waals surface area contributed by atoms with Crippen LogP contribution < -0.4 is 19.5 Å². The van der Waals surface area contributed by atoms with Crippen LogP contribution in [0.25, 0.3) is 0 Å². The first-order chi connectivity index (χ1) is 25.7. The molecule has 3 fully saturated rings. The zero-order valence-electron chi connectivity index (χ0n) is 31.0. The quantitative estimate of drug-likeness (QED) is 0.0976. The molecule has 3 aliphatic rings. The molecule has 0 radical (unpaired) electrons. The predicted octanol–water partition coefficient (Wildman–Crippen LogP) is 7.80. The summed E-state index contributed by atoms with van der Waals surface area (Å²) in [5.74, 6) is 2.05. The van der Waals surface area contributed by atoms with Crippen LogP contribution in [-0.4, -0.2) is 76.1 Å². The SMILES string of the molecule is CCOC(=O)[C@@H]1C[C@H]1COc1cc(CCCOC)cc(CN(C(=O)[C@H]2CNCC[C@@H]2c2ccc(OCCOc3c(Cl)cc(C)cc3Cl)cc2)C2CC2)c1. The molecule has 1 amide bonds. The second-order valence-electron chi connectivity index (χ2n) is 14.5. The average Bonchev–Trinajstić information content (AvgIpc) is 4.09. The van der Waals surface area contributed by atoms with E-state index in [1.807, 2.05) is 38.1 Å². The molecule has 286 valence electrons. The molecule has 53 heavy (non-hydrogen) atoms. The standard InChI is InChI=1S/C42H52Cl2N2O7/c1-4-50-42(48)36-23-31(36)26-53-34-21-28(6-5-15-49-3)20-29(22-34)25-46(32-9-10-32)41(47)37-24-45-14-13-35(37)30-7-11-33(12-8-30)51-16-17-52-40-38(43)18-27(2)19-39(40)44/h7-8,11-12,18-22,31-32,35-37,45H,4-6,9-10,13-17,23-26H2,1-3H3/t31-,35+,36+,37-/m0/s1. The number of methoxy groups -OCH3 is 1. The van der Waals surface area contributed by atoms with Gasteiger partial charge in [0.15, 0.2) is 5.75 Å². The average molecular weight is 768 g/mol. The molecule has 11 heteroatoms. The minimum atomic E-state index is -0.177. The van der Waals surface area contributed by atoms with Gasteiger partial charge in [0.1, 0.15) is 24.7 Å². The van der Waals surface area contributed by atoms with Gasteiger partial charge in [0.05, 0.1) is 35.1 Å². The molecular weight excluding hydrogens is 715 g/mol. The van der Waals surface area contributed by atoms with Gasteiger partial charge in [0.2, 0.25) is 5.91 Å². The summed E-state index contributed by atoms with van der Waals surface area (Å²) in [6, 6.07) is 18.3. The Balaban J connectivity index is 1.09. The van der Waals surface area contributed by atoms with Gasteiger partial charge in [0, 0.05) is 38.8 Å². The number of carbonyl (C=O) groups excluding carboxylic acids is 2. The Bertz CT molecular complexity index is 1680. The molecule has 3 aromatic carbocycles. The third kappa shape index (κ3) is 10.8. The van der Waals surface area contributed by atoms with E-state index in [1.54, 1.807) is 7.11 Å². The second-order valence-corrected chi connectivity index (χ2v) is 15.3. The number of nitrogens with one attached hydrogen (secondary N) is 1. The molecule has 3 aromatic rings. The first-order valence-electron chi connectivity index (χ1n) is 19.0. The normalized spacial score (nSPS) is 20.8. The number of piperidine rings is 1. The van der Waals surface area contributed by atoms with Crippen molar-refractivity contribution < 1.29 is 33.3 Å². The number of ether oxygens (including phenoxy) is 5. The topological polar surface area (TPSA) is 95.6 Å². The molecule has 1 saturated heterocycles. The molecule has 2 aliphatic carbocycles. The van der Waals surface area contributed by atoms with Crippen LogP contribution in [0.1, 0.15) is 67.2 Å². The number of nitrogens with zero attached hydrogens (tertiary/aromatic N) is 1. The van der Waals surface area contributed by atoms with Gasteiger partial charge in [-0.3, -0.25) is 9.59 Å². The summed E-state index contributed by atoms with van der Waals surface area (Å²) in [6.07, 6.45) is 5.45. The van der Waals surface area contributed by atoms with Crippen LogP contribution in [0.5, 0.6) is 17.2 Å². The number of rotatable bonds is 19. The number of carbonyl (C=O) groups is 2. The summed E-state index contributed by atoms with van der Waals surface area (Å²) in [4.78, 5) is 28.8. The van der Waals surface area contributed by atoms with E-state index in [4.69, 9.17) is 46.9 Å². The predicted molar refractivity (Wildman–Crippen MR) is 206 cm³/mol. The lowest BCUT2D eigenvalue weighted by Crippen LogP contribution is -2.47. The zero-order chi connectivity index (χ0) is 37.3. The van der Waals surface area contributed by atoms with Crippen molar-refractivity contribution in [3.63, 3.8) is 0 Å². The van der Waals surface area contributed by atoms with E-state index >= 15 is 0 Å². The van der Waals surface area contributed by atoms with Crippen molar-refractivity contribution in [1.82, 2.24) is 10.2 Å². The Morgan fingerprint density at radius 1 is 0.868 bits per heavy atom. The summed E-state index contributed by atoms with van der Waals surface area (Å²) in [7, 11) is 1.72. The van der Waals surface area contributed by atoms with E-state index in [9.17, 15) is 9.59 Å². The van der Waals surface area contributed by atoms with E-state index in [1.165, 1.54) is 0 Å². The Labute approximate surface area is 323 Å². The Kier molecular flexibility index (Phi) is 13.8. The lowest BCUT2D eigenvalue weighted by molar-refractivity contribution is -0.145. The zero-order valence-corrected chi connectivity index (χ0v) is 32.6. The van der Waals surface area contributed by atoms with Crippen LogP contribution in [-0.2, 0) is 32.0 Å². The minimum absolute atomic E-state index is 0.0767. The lowest BCUT2D eigenvalue weighted by Gasteiger charge is -2.36. The number of esters is 1. The number of halogens is 2. The van der Waals surface area contributed by atoms with Crippen LogP contribution >= 0.6 is 23.2 Å². The molecule has 1 N–H and O–H groups in total. The highest BCUT2D eigenvalue weighted by molar-refractivity contribution is 6.37. The van der Waals surface area contributed by atoms with E-state index in [2.05, 4.69) is 40.5 Å². The molecule has 2 saturated carbocycles. The van der Waals surface area contributed by atoms with E-state index < -0.39 is 0 Å². The van der Waals surface area contributed by atoms with Crippen LogP contribution in [0.2, 0.25) is 10.0 Å². The smallest absolute Gasteiger partial charge is 0.309 e. The number of aryl methyl sites for hydroxylation is 2. The number of amides is 1. The number of hydrogen-bond acceptors (Lipinski definition) is 8. The van der Waals surface area contributed by atoms with Crippen LogP contribution in [0, 0.1) is 24.7 Å². The molecular formula is C42H52Cl2N2O7. The van der Waals surface area contributed by atoms with Crippen molar-refractivity contribution in [2.75, 3.05) is 53.2 Å². The lowest BCUT2D eigenvalue weighted by atomic mass is 9.80. The first-order valence-corrected chi connectivity index (χ1v) is 19.7. The summed E-state index contributed by atoms with van der Waals surface area (Å²) in [5, 5.41) is 4.45. The highest BCUT2D eigenvalue weighted by Crippen LogP contribution is 2.41. The van der Waals surface area contributed by atoms with E-state index in [0.29, 0.717) is 61.9 Å². The summed E-state index contributed by atoms with van der Waals surface area (Å²) in [6.45, 7) is 7.96. The van der Waals surface area contributed by atoms with Crippen molar-refractivity contribution in [3.8, 4) is 17.2 Å². The van der Waals surface area contributed by atoms with Crippen molar-refractivity contribution in [3.05, 3.63) is 86.9 Å². The van der Waals surface area contributed by atoms with Gasteiger partial charge < -0.3 is 33.9 Å². The fraction of sp³-hybridized carbons (Fsp3) is 0.524. The van der Waals surface area contributed by atoms with Crippen molar-refractivity contribution >= 4 is 35.1 Å². The van der Waals surface area contributed by atoms with Gasteiger partial charge in [-0.2, -0.15) is 0 Å². The summed E-state index contributed by atoms with van der Waals surface area (Å²) < 4.78 is 28.6. The van der Waals surface area contributed by atoms with Gasteiger partial charge in [-0.1, -0.05) is 41.4 Å². The molecule has 0 bridgehead atoms. The maximum absolute atomic E-state index is 14.5. The fourth-order valence-electron chi connectivity index (χ4n) is 7.28. The summed E-state index contributed by atoms with van der Waals surface area (Å²) >= 11 is 12.6. The number of benzene rings is 3. The van der Waals surface area contributed by atoms with Gasteiger partial charge in [0.25, 0.3) is 0 Å². The van der Waals surface area contributed by atoms with Gasteiger partial charge in [-0.05, 0) is 123 Å². The molecule has 1 heterocycles. The molecule has 1 aliphatic heterocycles. The van der Waals surface area contributed by atoms with Crippen molar-refractivity contribution in [2.24, 2.45) is 17.8 Å². The Morgan fingerprint density at radius 2 is 1.60 bits per heavy atom. The molecule has 4 atom stereocenters. The third-order valence-corrected chi connectivity index (χ3v) is 10.8. The highest BCUT2D eigenvalue weighted by atomic mass is 35.5. The molecule has 0 aromatic heterocycles. The molecule has 0 spiro atoms. The van der Waals surface area contributed by atoms with Crippen LogP contribution in [0.15, 0.2) is 54.6 Å². The fourth-order valence-corrected chi connectivity index (χ4v) is 7.99. The monoisotopic (exact) mass is 766 g/mol. The van der Waals surface area contributed by atoms with Crippen LogP contribution in [0.4, 0.5) is 0 Å². The first kappa shape index (κ1) is 39.2. The summed E-state index contributed by atoms with van der Waals surface area (Å²) in [5.41, 5.74) is 4.33. The van der Waals surface area contributed by atoms with Gasteiger partial charge in [-0.25, -0.2) is 0 Å². The highest BCUT2D eigenvalue weighted by Gasteiger charge is 2.45.